The van der Waals surface area contributed by atoms with Crippen molar-refractivity contribution in [3.8, 4) is 0 Å². The van der Waals surface area contributed by atoms with Crippen molar-refractivity contribution in [3.05, 3.63) is 66.4 Å². The van der Waals surface area contributed by atoms with Crippen LogP contribution in [-0.4, -0.2) is 22.1 Å². The number of hydrogen-bond acceptors (Lipinski definition) is 4. The highest BCUT2D eigenvalue weighted by atomic mass is 16.4. The molecule has 116 valence electrons. The lowest BCUT2D eigenvalue weighted by Gasteiger charge is -2.11. The third-order valence-electron chi connectivity index (χ3n) is 3.65. The van der Waals surface area contributed by atoms with E-state index >= 15 is 0 Å². The molecule has 2 aromatic carbocycles. The molecule has 1 heterocycles. The van der Waals surface area contributed by atoms with E-state index in [1.54, 1.807) is 6.20 Å². The molecule has 5 nitrogen and oxygen atoms in total. The fourth-order valence-corrected chi connectivity index (χ4v) is 2.43. The summed E-state index contributed by atoms with van der Waals surface area (Å²) in [5.41, 5.74) is 9.28. The zero-order valence-corrected chi connectivity index (χ0v) is 12.4. The van der Waals surface area contributed by atoms with Gasteiger partial charge in [0.05, 0.1) is 5.52 Å². The fourth-order valence-electron chi connectivity index (χ4n) is 2.43. The molecule has 5 heteroatoms. The van der Waals surface area contributed by atoms with Gasteiger partial charge >= 0.3 is 5.97 Å². The molecule has 0 aliphatic rings. The van der Waals surface area contributed by atoms with Crippen molar-refractivity contribution in [1.29, 1.82) is 0 Å². The zero-order valence-electron chi connectivity index (χ0n) is 12.4. The number of pyridine rings is 1. The van der Waals surface area contributed by atoms with E-state index in [9.17, 15) is 4.79 Å². The average Bonchev–Trinajstić information content (AvgIpc) is 2.57. The molecule has 0 aliphatic heterocycles. The Balaban J connectivity index is 1.79. The Kier molecular flexibility index (Phi) is 4.21. The number of hydrogen-bond donors (Lipinski definition) is 3. The maximum Gasteiger partial charge on any atom is 0.320 e. The van der Waals surface area contributed by atoms with Gasteiger partial charge in [0, 0.05) is 23.0 Å². The molecule has 0 saturated heterocycles. The third-order valence-corrected chi connectivity index (χ3v) is 3.65. The van der Waals surface area contributed by atoms with Crippen LogP contribution in [0.3, 0.4) is 0 Å². The molecule has 0 spiro atoms. The van der Waals surface area contributed by atoms with Crippen LogP contribution in [0.25, 0.3) is 10.9 Å². The van der Waals surface area contributed by atoms with Crippen LogP contribution in [-0.2, 0) is 11.2 Å². The van der Waals surface area contributed by atoms with E-state index in [2.05, 4.69) is 10.3 Å². The molecule has 3 aromatic rings. The van der Waals surface area contributed by atoms with Gasteiger partial charge in [0.25, 0.3) is 0 Å². The van der Waals surface area contributed by atoms with Crippen LogP contribution in [0.15, 0.2) is 60.8 Å². The average molecular weight is 307 g/mol. The van der Waals surface area contributed by atoms with Gasteiger partial charge in [-0.2, -0.15) is 0 Å². The van der Waals surface area contributed by atoms with E-state index in [0.717, 1.165) is 27.8 Å². The van der Waals surface area contributed by atoms with Crippen LogP contribution in [0.5, 0.6) is 0 Å². The van der Waals surface area contributed by atoms with E-state index in [4.69, 9.17) is 10.8 Å². The topological polar surface area (TPSA) is 88.2 Å². The Bertz CT molecular complexity index is 826. The summed E-state index contributed by atoms with van der Waals surface area (Å²) in [6.45, 7) is 0. The molecule has 0 fully saturated rings. The first-order valence-corrected chi connectivity index (χ1v) is 7.31. The first-order chi connectivity index (χ1) is 11.1. The van der Waals surface area contributed by atoms with Crippen LogP contribution in [0.1, 0.15) is 5.56 Å². The Morgan fingerprint density at radius 3 is 2.61 bits per heavy atom. The number of aromatic nitrogens is 1. The van der Waals surface area contributed by atoms with E-state index < -0.39 is 12.0 Å². The highest BCUT2D eigenvalue weighted by Crippen LogP contribution is 2.25. The number of aliphatic carboxylic acids is 1. The fraction of sp³-hybridized carbons (Fsp3) is 0.111. The van der Waals surface area contributed by atoms with Crippen molar-refractivity contribution in [2.75, 3.05) is 5.32 Å². The van der Waals surface area contributed by atoms with Crippen LogP contribution in [0.4, 0.5) is 11.4 Å². The second-order valence-electron chi connectivity index (χ2n) is 5.35. The summed E-state index contributed by atoms with van der Waals surface area (Å²) in [5.74, 6) is -0.990. The number of benzene rings is 2. The Labute approximate surface area is 133 Å². The lowest BCUT2D eigenvalue weighted by molar-refractivity contribution is -0.138. The minimum Gasteiger partial charge on any atom is -0.480 e. The third kappa shape index (κ3) is 3.46. The first kappa shape index (κ1) is 15.0. The SMILES string of the molecule is NC(Cc1ccc(Nc2ccnc3ccccc23)cc1)C(=O)O. The van der Waals surface area contributed by atoms with E-state index in [0.29, 0.717) is 6.42 Å². The van der Waals surface area contributed by atoms with Crippen molar-refractivity contribution < 1.29 is 9.90 Å². The number of nitrogens with one attached hydrogen (secondary N) is 1. The number of carboxylic acids is 1. The lowest BCUT2D eigenvalue weighted by atomic mass is 10.1. The zero-order chi connectivity index (χ0) is 16.2. The molecule has 1 unspecified atom stereocenters. The number of carbonyl (C=O) groups is 1. The number of nitrogens with zero attached hydrogens (tertiary/aromatic N) is 1. The van der Waals surface area contributed by atoms with Crippen LogP contribution in [0.2, 0.25) is 0 Å². The van der Waals surface area contributed by atoms with Gasteiger partial charge in [-0.3, -0.25) is 9.78 Å². The van der Waals surface area contributed by atoms with Crippen molar-refractivity contribution in [2.45, 2.75) is 12.5 Å². The summed E-state index contributed by atoms with van der Waals surface area (Å²) in [5, 5.41) is 13.3. The van der Waals surface area contributed by atoms with Crippen molar-refractivity contribution >= 4 is 28.2 Å². The molecular weight excluding hydrogens is 290 g/mol. The van der Waals surface area contributed by atoms with Crippen LogP contribution < -0.4 is 11.1 Å². The minimum absolute atomic E-state index is 0.313. The normalized spacial score (nSPS) is 12.0. The summed E-state index contributed by atoms with van der Waals surface area (Å²) >= 11 is 0. The molecule has 0 saturated carbocycles. The Morgan fingerprint density at radius 1 is 1.13 bits per heavy atom. The van der Waals surface area contributed by atoms with Crippen LogP contribution >= 0.6 is 0 Å². The van der Waals surface area contributed by atoms with Gasteiger partial charge in [0.2, 0.25) is 0 Å². The number of anilines is 2. The molecule has 23 heavy (non-hydrogen) atoms. The quantitative estimate of drug-likeness (QED) is 0.674. The standard InChI is InChI=1S/C18H17N3O2/c19-15(18(22)23)11-12-5-7-13(8-6-12)21-17-9-10-20-16-4-2-1-3-14(16)17/h1-10,15H,11,19H2,(H,20,21)(H,22,23). The second kappa shape index (κ2) is 6.46. The summed E-state index contributed by atoms with van der Waals surface area (Å²) in [4.78, 5) is 15.1. The van der Waals surface area contributed by atoms with Gasteiger partial charge < -0.3 is 16.2 Å². The van der Waals surface area contributed by atoms with Crippen LogP contribution in [0, 0.1) is 0 Å². The highest BCUT2D eigenvalue weighted by Gasteiger charge is 2.11. The van der Waals surface area contributed by atoms with Gasteiger partial charge in [0.1, 0.15) is 6.04 Å². The highest BCUT2D eigenvalue weighted by molar-refractivity contribution is 5.92. The monoisotopic (exact) mass is 307 g/mol. The van der Waals surface area contributed by atoms with Gasteiger partial charge in [0.15, 0.2) is 0 Å². The predicted octanol–water partition coefficient (Wildman–Crippen LogP) is 2.93. The number of carboxylic acid groups (broad SMARTS) is 1. The summed E-state index contributed by atoms with van der Waals surface area (Å²) in [7, 11) is 0. The van der Waals surface area contributed by atoms with Crippen molar-refractivity contribution in [1.82, 2.24) is 4.98 Å². The van der Waals surface area contributed by atoms with Crippen molar-refractivity contribution in [2.24, 2.45) is 5.73 Å². The molecule has 0 amide bonds. The molecule has 4 N–H and O–H groups in total. The first-order valence-electron chi connectivity index (χ1n) is 7.31. The summed E-state index contributed by atoms with van der Waals surface area (Å²) in [6.07, 6.45) is 2.08. The molecule has 1 atom stereocenters. The van der Waals surface area contributed by atoms with Gasteiger partial charge in [-0.1, -0.05) is 30.3 Å². The predicted molar refractivity (Wildman–Crippen MR) is 90.8 cm³/mol. The van der Waals surface area contributed by atoms with Gasteiger partial charge in [-0.15, -0.1) is 0 Å². The number of fused-ring (bicyclic) bond motifs is 1. The lowest BCUT2D eigenvalue weighted by Crippen LogP contribution is -2.32. The van der Waals surface area contributed by atoms with Crippen molar-refractivity contribution in [3.63, 3.8) is 0 Å². The number of para-hydroxylation sites is 1. The summed E-state index contributed by atoms with van der Waals surface area (Å²) < 4.78 is 0. The van der Waals surface area contributed by atoms with E-state index in [-0.39, 0.29) is 0 Å². The van der Waals surface area contributed by atoms with E-state index in [1.807, 2.05) is 54.6 Å². The molecule has 1 aromatic heterocycles. The second-order valence-corrected chi connectivity index (χ2v) is 5.35. The Morgan fingerprint density at radius 2 is 1.87 bits per heavy atom. The maximum atomic E-state index is 10.8. The molecular formula is C18H17N3O2. The minimum atomic E-state index is -0.990. The molecule has 0 radical (unpaired) electrons. The molecule has 0 aliphatic carbocycles. The number of nitrogens with two attached hydrogens (primary N) is 1. The van der Waals surface area contributed by atoms with Gasteiger partial charge in [-0.05, 0) is 36.2 Å². The van der Waals surface area contributed by atoms with Gasteiger partial charge in [-0.25, -0.2) is 0 Å². The number of rotatable bonds is 5. The summed E-state index contributed by atoms with van der Waals surface area (Å²) in [6, 6.07) is 16.6. The van der Waals surface area contributed by atoms with E-state index in [1.165, 1.54) is 0 Å². The maximum absolute atomic E-state index is 10.8. The smallest absolute Gasteiger partial charge is 0.320 e. The molecule has 0 bridgehead atoms. The Hall–Kier alpha value is -2.92. The largest absolute Gasteiger partial charge is 0.480 e. The molecule has 3 rings (SSSR count).